The first-order chi connectivity index (χ1) is 12.0. The largest absolute Gasteiger partial charge is 0.416 e. The average Bonchev–Trinajstić information content (AvgIpc) is 2.54. The monoisotopic (exact) mass is 386 g/mol. The van der Waals surface area contributed by atoms with Gasteiger partial charge in [-0.25, -0.2) is 8.42 Å². The lowest BCUT2D eigenvalue weighted by molar-refractivity contribution is -0.137. The van der Waals surface area contributed by atoms with Crippen molar-refractivity contribution in [1.82, 2.24) is 4.72 Å². The zero-order chi connectivity index (χ0) is 19.5. The average molecular weight is 386 g/mol. The molecule has 0 saturated carbocycles. The lowest BCUT2D eigenvalue weighted by Crippen LogP contribution is -2.41. The highest BCUT2D eigenvalue weighted by Crippen LogP contribution is 2.29. The van der Waals surface area contributed by atoms with Gasteiger partial charge in [0.1, 0.15) is 0 Å². The molecule has 0 unspecified atom stereocenters. The second-order valence-corrected chi connectivity index (χ2v) is 7.43. The van der Waals surface area contributed by atoms with E-state index >= 15 is 0 Å². The topological polar surface area (TPSA) is 75.3 Å². The van der Waals surface area contributed by atoms with E-state index < -0.39 is 33.7 Å². The number of benzene rings is 2. The van der Waals surface area contributed by atoms with Gasteiger partial charge < -0.3 is 5.32 Å². The lowest BCUT2D eigenvalue weighted by atomic mass is 10.2. The van der Waals surface area contributed by atoms with Gasteiger partial charge in [-0.2, -0.15) is 17.9 Å². The molecule has 9 heteroatoms. The molecular weight excluding hydrogens is 369 g/mol. The van der Waals surface area contributed by atoms with Crippen molar-refractivity contribution in [2.75, 3.05) is 5.32 Å². The van der Waals surface area contributed by atoms with Crippen molar-refractivity contribution >= 4 is 21.6 Å². The highest BCUT2D eigenvalue weighted by atomic mass is 32.2. The molecule has 0 heterocycles. The van der Waals surface area contributed by atoms with Gasteiger partial charge in [0.25, 0.3) is 0 Å². The second kappa shape index (κ2) is 7.46. The predicted octanol–water partition coefficient (Wildman–Crippen LogP) is 3.32. The maximum absolute atomic E-state index is 12.5. The summed E-state index contributed by atoms with van der Waals surface area (Å²) < 4.78 is 64.3. The highest BCUT2D eigenvalue weighted by molar-refractivity contribution is 7.89. The molecule has 0 fully saturated rings. The van der Waals surface area contributed by atoms with Crippen LogP contribution < -0.4 is 10.0 Å². The minimum absolute atomic E-state index is 0.0114. The Morgan fingerprint density at radius 3 is 2.04 bits per heavy atom. The molecule has 0 aromatic heterocycles. The highest BCUT2D eigenvalue weighted by Gasteiger charge is 2.30. The van der Waals surface area contributed by atoms with E-state index in [4.69, 9.17) is 0 Å². The van der Waals surface area contributed by atoms with Crippen molar-refractivity contribution in [3.05, 3.63) is 59.7 Å². The summed E-state index contributed by atoms with van der Waals surface area (Å²) in [4.78, 5) is 12.1. The summed E-state index contributed by atoms with van der Waals surface area (Å²) in [5, 5.41) is 2.37. The number of sulfonamides is 1. The van der Waals surface area contributed by atoms with Crippen LogP contribution in [-0.2, 0) is 21.0 Å². The van der Waals surface area contributed by atoms with E-state index in [9.17, 15) is 26.4 Å². The first-order valence-electron chi connectivity index (χ1n) is 7.56. The molecule has 1 atom stereocenters. The molecule has 0 spiro atoms. The number of aryl methyl sites for hydroxylation is 1. The van der Waals surface area contributed by atoms with E-state index in [1.54, 1.807) is 12.1 Å². The number of rotatable bonds is 5. The fourth-order valence-corrected chi connectivity index (χ4v) is 3.27. The van der Waals surface area contributed by atoms with Crippen LogP contribution in [0.4, 0.5) is 18.9 Å². The van der Waals surface area contributed by atoms with Crippen LogP contribution in [0.25, 0.3) is 0 Å². The van der Waals surface area contributed by atoms with Crippen LogP contribution in [-0.4, -0.2) is 20.4 Å². The number of hydrogen-bond donors (Lipinski definition) is 2. The van der Waals surface area contributed by atoms with Crippen molar-refractivity contribution in [3.63, 3.8) is 0 Å². The van der Waals surface area contributed by atoms with Gasteiger partial charge in [-0.3, -0.25) is 4.79 Å². The summed E-state index contributed by atoms with van der Waals surface area (Å²) in [6.45, 7) is 3.15. The minimum atomic E-state index is -4.47. The Hall–Kier alpha value is -2.39. The van der Waals surface area contributed by atoms with Crippen LogP contribution in [0.15, 0.2) is 53.4 Å². The standard InChI is InChI=1S/C17H17F3N2O3S/c1-11-3-9-15(10-4-11)26(24,25)22-12(2)16(23)21-14-7-5-13(6-8-14)17(18,19)20/h3-10,12,22H,1-2H3,(H,21,23)/t12-/m0/s1. The molecule has 2 aromatic rings. The molecule has 0 aliphatic heterocycles. The van der Waals surface area contributed by atoms with Crippen LogP contribution in [0.2, 0.25) is 0 Å². The Morgan fingerprint density at radius 2 is 1.54 bits per heavy atom. The third-order valence-electron chi connectivity index (χ3n) is 3.54. The van der Waals surface area contributed by atoms with Gasteiger partial charge >= 0.3 is 6.18 Å². The number of halogens is 3. The van der Waals surface area contributed by atoms with Crippen LogP contribution >= 0.6 is 0 Å². The van der Waals surface area contributed by atoms with Gasteiger partial charge in [0, 0.05) is 5.69 Å². The van der Waals surface area contributed by atoms with Crippen LogP contribution in [0.5, 0.6) is 0 Å². The summed E-state index contributed by atoms with van der Waals surface area (Å²) in [6, 6.07) is 8.82. The number of carbonyl (C=O) groups is 1. The summed E-state index contributed by atoms with van der Waals surface area (Å²) in [5.74, 6) is -0.694. The number of nitrogens with one attached hydrogen (secondary N) is 2. The van der Waals surface area contributed by atoms with Gasteiger partial charge in [-0.15, -0.1) is 0 Å². The van der Waals surface area contributed by atoms with Crippen LogP contribution in [0.3, 0.4) is 0 Å². The summed E-state index contributed by atoms with van der Waals surface area (Å²) in [6.07, 6.45) is -4.47. The van der Waals surface area contributed by atoms with Crippen molar-refractivity contribution < 1.29 is 26.4 Å². The van der Waals surface area contributed by atoms with Crippen molar-refractivity contribution in [3.8, 4) is 0 Å². The van der Waals surface area contributed by atoms with E-state index in [-0.39, 0.29) is 10.6 Å². The fourth-order valence-electron chi connectivity index (χ4n) is 2.06. The van der Waals surface area contributed by atoms with Gasteiger partial charge in [-0.1, -0.05) is 17.7 Å². The van der Waals surface area contributed by atoms with Crippen molar-refractivity contribution in [2.24, 2.45) is 0 Å². The van der Waals surface area contributed by atoms with E-state index in [0.717, 1.165) is 29.8 Å². The summed E-state index contributed by atoms with van der Waals surface area (Å²) in [5.41, 5.74) is 0.171. The number of alkyl halides is 3. The maximum Gasteiger partial charge on any atom is 0.416 e. The molecule has 0 radical (unpaired) electrons. The number of amides is 1. The van der Waals surface area contributed by atoms with E-state index in [1.807, 2.05) is 6.92 Å². The zero-order valence-electron chi connectivity index (χ0n) is 14.0. The smallest absolute Gasteiger partial charge is 0.325 e. The number of anilines is 1. The predicted molar refractivity (Wildman–Crippen MR) is 91.0 cm³/mol. The maximum atomic E-state index is 12.5. The zero-order valence-corrected chi connectivity index (χ0v) is 14.8. The molecule has 2 aromatic carbocycles. The molecule has 5 nitrogen and oxygen atoms in total. The van der Waals surface area contributed by atoms with Gasteiger partial charge in [0.05, 0.1) is 16.5 Å². The van der Waals surface area contributed by atoms with Gasteiger partial charge in [-0.05, 0) is 50.2 Å². The fraction of sp³-hybridized carbons (Fsp3) is 0.235. The van der Waals surface area contributed by atoms with Gasteiger partial charge in [0.15, 0.2) is 0 Å². The molecule has 0 aliphatic rings. The van der Waals surface area contributed by atoms with Crippen LogP contribution in [0, 0.1) is 6.92 Å². The third-order valence-corrected chi connectivity index (χ3v) is 5.09. The van der Waals surface area contributed by atoms with E-state index in [0.29, 0.717) is 0 Å². The molecule has 0 saturated heterocycles. The Kier molecular flexibility index (Phi) is 5.72. The number of carbonyl (C=O) groups excluding carboxylic acids is 1. The lowest BCUT2D eigenvalue weighted by Gasteiger charge is -2.15. The summed E-state index contributed by atoms with van der Waals surface area (Å²) >= 11 is 0. The molecule has 26 heavy (non-hydrogen) atoms. The minimum Gasteiger partial charge on any atom is -0.325 e. The molecule has 2 N–H and O–H groups in total. The molecule has 2 rings (SSSR count). The van der Waals surface area contributed by atoms with Crippen molar-refractivity contribution in [2.45, 2.75) is 31.0 Å². The Bertz CT molecular complexity index is 877. The Morgan fingerprint density at radius 1 is 1.00 bits per heavy atom. The van der Waals surface area contributed by atoms with Gasteiger partial charge in [0.2, 0.25) is 15.9 Å². The molecule has 140 valence electrons. The molecule has 0 bridgehead atoms. The van der Waals surface area contributed by atoms with Crippen LogP contribution in [0.1, 0.15) is 18.1 Å². The molecular formula is C17H17F3N2O3S. The second-order valence-electron chi connectivity index (χ2n) is 5.72. The molecule has 0 aliphatic carbocycles. The number of hydrogen-bond acceptors (Lipinski definition) is 3. The first kappa shape index (κ1) is 19.9. The first-order valence-corrected chi connectivity index (χ1v) is 9.04. The SMILES string of the molecule is Cc1ccc(S(=O)(=O)N[C@@H](C)C(=O)Nc2ccc(C(F)(F)F)cc2)cc1. The summed E-state index contributed by atoms with van der Waals surface area (Å²) in [7, 11) is -3.90. The Balaban J connectivity index is 2.04. The van der Waals surface area contributed by atoms with E-state index in [1.165, 1.54) is 19.1 Å². The van der Waals surface area contributed by atoms with Crippen molar-refractivity contribution in [1.29, 1.82) is 0 Å². The molecule has 1 amide bonds. The Labute approximate surface area is 149 Å². The third kappa shape index (κ3) is 5.06. The quantitative estimate of drug-likeness (QED) is 0.828. The van der Waals surface area contributed by atoms with E-state index in [2.05, 4.69) is 10.0 Å². The normalized spacial score (nSPS) is 13.3.